The summed E-state index contributed by atoms with van der Waals surface area (Å²) in [7, 11) is 0. The van der Waals surface area contributed by atoms with Gasteiger partial charge in [-0.05, 0) is 39.7 Å². The van der Waals surface area contributed by atoms with Crippen molar-refractivity contribution in [1.29, 1.82) is 0 Å². The summed E-state index contributed by atoms with van der Waals surface area (Å²) in [6, 6.07) is 5.92. The minimum atomic E-state index is -0.915. The van der Waals surface area contributed by atoms with E-state index in [0.717, 1.165) is 10.9 Å². The van der Waals surface area contributed by atoms with Crippen LogP contribution in [-0.2, 0) is 6.42 Å². The lowest BCUT2D eigenvalue weighted by Crippen LogP contribution is -2.29. The topological polar surface area (TPSA) is 38.0 Å². The molecule has 2 aromatic rings. The van der Waals surface area contributed by atoms with Crippen LogP contribution in [0.4, 0.5) is 8.78 Å². The van der Waals surface area contributed by atoms with Crippen molar-refractivity contribution >= 4 is 38.9 Å². The van der Waals surface area contributed by atoms with Crippen molar-refractivity contribution in [1.82, 2.24) is 5.43 Å². The Morgan fingerprint density at radius 2 is 2.05 bits per heavy atom. The predicted octanol–water partition coefficient (Wildman–Crippen LogP) is 4.19. The van der Waals surface area contributed by atoms with Gasteiger partial charge in [0.2, 0.25) is 0 Å². The van der Waals surface area contributed by atoms with Crippen molar-refractivity contribution in [2.24, 2.45) is 5.84 Å². The van der Waals surface area contributed by atoms with Crippen molar-refractivity contribution in [2.75, 3.05) is 0 Å². The molecule has 1 aromatic heterocycles. The number of rotatable bonds is 4. The third kappa shape index (κ3) is 3.32. The highest BCUT2D eigenvalue weighted by atomic mass is 79.9. The molecule has 19 heavy (non-hydrogen) atoms. The average molecular weight is 368 g/mol. The number of hydrazine groups is 1. The van der Waals surface area contributed by atoms with E-state index in [9.17, 15) is 8.78 Å². The fraction of sp³-hybridized carbons (Fsp3) is 0.167. The van der Waals surface area contributed by atoms with Gasteiger partial charge < -0.3 is 0 Å². The Labute approximate surface area is 126 Å². The molecule has 0 aliphatic carbocycles. The molecule has 7 heteroatoms. The minimum absolute atomic E-state index is 0.0816. The Morgan fingerprint density at radius 1 is 1.32 bits per heavy atom. The van der Waals surface area contributed by atoms with E-state index in [2.05, 4.69) is 21.4 Å². The SMILES string of the molecule is NNC(Cc1ccc(Cl)s1)c1ccc(F)c(F)c1Br. The number of benzene rings is 1. The summed E-state index contributed by atoms with van der Waals surface area (Å²) < 4.78 is 27.4. The molecule has 1 atom stereocenters. The van der Waals surface area contributed by atoms with Crippen molar-refractivity contribution in [3.63, 3.8) is 0 Å². The fourth-order valence-corrected chi connectivity index (χ4v) is 3.46. The maximum atomic E-state index is 13.5. The molecule has 102 valence electrons. The van der Waals surface area contributed by atoms with Crippen LogP contribution in [0.5, 0.6) is 0 Å². The van der Waals surface area contributed by atoms with E-state index >= 15 is 0 Å². The molecule has 1 unspecified atom stereocenters. The van der Waals surface area contributed by atoms with Crippen LogP contribution < -0.4 is 11.3 Å². The maximum Gasteiger partial charge on any atom is 0.173 e. The second-order valence-electron chi connectivity index (χ2n) is 3.89. The molecule has 0 saturated carbocycles. The molecule has 0 radical (unpaired) electrons. The summed E-state index contributed by atoms with van der Waals surface area (Å²) in [5.41, 5.74) is 3.17. The zero-order chi connectivity index (χ0) is 14.0. The van der Waals surface area contributed by atoms with Crippen LogP contribution in [0.3, 0.4) is 0 Å². The molecular formula is C12H10BrClF2N2S. The summed E-state index contributed by atoms with van der Waals surface area (Å²) in [4.78, 5) is 1.00. The Balaban J connectivity index is 2.29. The smallest absolute Gasteiger partial charge is 0.173 e. The first-order valence-corrected chi connectivity index (χ1v) is 7.35. The molecule has 1 heterocycles. The normalized spacial score (nSPS) is 12.7. The first-order valence-electron chi connectivity index (χ1n) is 5.36. The van der Waals surface area contributed by atoms with E-state index in [-0.39, 0.29) is 10.5 Å². The number of nitrogens with one attached hydrogen (secondary N) is 1. The zero-order valence-corrected chi connectivity index (χ0v) is 12.7. The van der Waals surface area contributed by atoms with Gasteiger partial charge in [0.15, 0.2) is 11.6 Å². The van der Waals surface area contributed by atoms with Gasteiger partial charge in [0.25, 0.3) is 0 Å². The van der Waals surface area contributed by atoms with Crippen LogP contribution in [-0.4, -0.2) is 0 Å². The van der Waals surface area contributed by atoms with Crippen LogP contribution in [0.15, 0.2) is 28.7 Å². The highest BCUT2D eigenvalue weighted by Crippen LogP contribution is 2.31. The molecule has 0 bridgehead atoms. The van der Waals surface area contributed by atoms with Gasteiger partial charge >= 0.3 is 0 Å². The van der Waals surface area contributed by atoms with Gasteiger partial charge in [0, 0.05) is 11.3 Å². The molecule has 0 amide bonds. The molecule has 0 saturated heterocycles. The van der Waals surface area contributed by atoms with Gasteiger partial charge in [-0.15, -0.1) is 11.3 Å². The number of nitrogens with two attached hydrogens (primary N) is 1. The van der Waals surface area contributed by atoms with E-state index in [1.54, 1.807) is 6.07 Å². The molecule has 0 aliphatic rings. The Morgan fingerprint density at radius 3 is 2.63 bits per heavy atom. The van der Waals surface area contributed by atoms with Gasteiger partial charge in [-0.25, -0.2) is 8.78 Å². The first-order chi connectivity index (χ1) is 9.02. The van der Waals surface area contributed by atoms with Crippen LogP contribution in [0.1, 0.15) is 16.5 Å². The van der Waals surface area contributed by atoms with Gasteiger partial charge in [-0.1, -0.05) is 17.7 Å². The van der Waals surface area contributed by atoms with E-state index in [0.29, 0.717) is 16.3 Å². The molecule has 0 aliphatic heterocycles. The third-order valence-corrected chi connectivity index (χ3v) is 4.74. The quantitative estimate of drug-likeness (QED) is 0.483. The average Bonchev–Trinajstić information content (AvgIpc) is 2.80. The Bertz CT molecular complexity index is 591. The van der Waals surface area contributed by atoms with Crippen LogP contribution >= 0.6 is 38.9 Å². The van der Waals surface area contributed by atoms with Crippen LogP contribution in [0.25, 0.3) is 0 Å². The first kappa shape index (κ1) is 14.9. The standard InChI is InChI=1S/C12H10BrClF2N2S/c13-11-7(2-3-8(15)12(11)16)9(18-17)5-6-1-4-10(14)19-6/h1-4,9,18H,5,17H2. The summed E-state index contributed by atoms with van der Waals surface area (Å²) in [5.74, 6) is 3.69. The molecule has 0 fully saturated rings. The Hall–Kier alpha value is -0.530. The van der Waals surface area contributed by atoms with Crippen molar-refractivity contribution < 1.29 is 8.78 Å². The number of halogens is 4. The molecule has 3 N–H and O–H groups in total. The van der Waals surface area contributed by atoms with Gasteiger partial charge in [0.1, 0.15) is 0 Å². The second-order valence-corrected chi connectivity index (χ2v) is 6.49. The molecule has 1 aromatic carbocycles. The highest BCUT2D eigenvalue weighted by Gasteiger charge is 2.19. The largest absolute Gasteiger partial charge is 0.271 e. The van der Waals surface area contributed by atoms with Crippen molar-refractivity contribution in [3.05, 3.63) is 55.1 Å². The lowest BCUT2D eigenvalue weighted by atomic mass is 10.0. The number of thiophene rings is 1. The van der Waals surface area contributed by atoms with Crippen molar-refractivity contribution in [3.8, 4) is 0 Å². The van der Waals surface area contributed by atoms with Gasteiger partial charge in [0.05, 0.1) is 14.9 Å². The number of hydrogen-bond donors (Lipinski definition) is 2. The Kier molecular flexibility index (Phi) is 4.92. The van der Waals surface area contributed by atoms with E-state index < -0.39 is 11.6 Å². The molecular weight excluding hydrogens is 358 g/mol. The lowest BCUT2D eigenvalue weighted by Gasteiger charge is -2.17. The highest BCUT2D eigenvalue weighted by molar-refractivity contribution is 9.10. The number of hydrogen-bond acceptors (Lipinski definition) is 3. The zero-order valence-electron chi connectivity index (χ0n) is 9.59. The summed E-state index contributed by atoms with van der Waals surface area (Å²) in [5, 5.41) is 0. The van der Waals surface area contributed by atoms with E-state index in [1.165, 1.54) is 17.4 Å². The van der Waals surface area contributed by atoms with Gasteiger partial charge in [-0.2, -0.15) is 0 Å². The summed E-state index contributed by atoms with van der Waals surface area (Å²) in [6.07, 6.45) is 0.539. The molecule has 2 rings (SSSR count). The second kappa shape index (κ2) is 6.28. The molecule has 0 spiro atoms. The van der Waals surface area contributed by atoms with E-state index in [4.69, 9.17) is 17.4 Å². The third-order valence-electron chi connectivity index (χ3n) is 2.68. The van der Waals surface area contributed by atoms with Crippen molar-refractivity contribution in [2.45, 2.75) is 12.5 Å². The monoisotopic (exact) mass is 366 g/mol. The summed E-state index contributed by atoms with van der Waals surface area (Å²) >= 11 is 10.3. The van der Waals surface area contributed by atoms with Gasteiger partial charge in [-0.3, -0.25) is 11.3 Å². The van der Waals surface area contributed by atoms with Crippen LogP contribution in [0.2, 0.25) is 4.34 Å². The van der Waals surface area contributed by atoms with Crippen LogP contribution in [0, 0.1) is 11.6 Å². The minimum Gasteiger partial charge on any atom is -0.271 e. The summed E-state index contributed by atoms with van der Waals surface area (Å²) in [6.45, 7) is 0. The predicted molar refractivity (Wildman–Crippen MR) is 77.2 cm³/mol. The maximum absolute atomic E-state index is 13.5. The lowest BCUT2D eigenvalue weighted by molar-refractivity contribution is 0.492. The molecule has 2 nitrogen and oxygen atoms in total. The fourth-order valence-electron chi connectivity index (χ4n) is 1.73. The van der Waals surface area contributed by atoms with E-state index in [1.807, 2.05) is 6.07 Å².